The number of fused-ring (bicyclic) bond motifs is 8. The van der Waals surface area contributed by atoms with Crippen molar-refractivity contribution >= 4 is 17.4 Å². The van der Waals surface area contributed by atoms with E-state index in [1.807, 2.05) is 38.3 Å². The molecule has 0 saturated carbocycles. The largest absolute Gasteiger partial charge is 0.479 e. The highest BCUT2D eigenvalue weighted by Gasteiger charge is 2.37. The lowest BCUT2D eigenvalue weighted by Gasteiger charge is -2.41. The second-order valence-corrected chi connectivity index (χ2v) is 14.1. The monoisotopic (exact) mass is 610 g/mol. The molecule has 238 valence electrons. The van der Waals surface area contributed by atoms with Crippen molar-refractivity contribution in [2.45, 2.75) is 84.8 Å². The number of benzene rings is 2. The van der Waals surface area contributed by atoms with E-state index in [0.29, 0.717) is 16.9 Å². The summed E-state index contributed by atoms with van der Waals surface area (Å²) in [5, 5.41) is 15.6. The van der Waals surface area contributed by atoms with Gasteiger partial charge in [0.1, 0.15) is 5.82 Å². The van der Waals surface area contributed by atoms with Crippen LogP contribution in [-0.4, -0.2) is 57.6 Å². The van der Waals surface area contributed by atoms with Crippen LogP contribution in [0.3, 0.4) is 0 Å². The number of aliphatic carboxylic acids is 1. The molecular weight excluding hydrogens is 564 g/mol. The summed E-state index contributed by atoms with van der Waals surface area (Å²) < 4.78 is 14.3. The van der Waals surface area contributed by atoms with E-state index in [-0.39, 0.29) is 5.41 Å². The number of hydrogen-bond donors (Lipinski definition) is 1. The van der Waals surface area contributed by atoms with Crippen molar-refractivity contribution in [2.75, 3.05) is 31.2 Å². The van der Waals surface area contributed by atoms with Gasteiger partial charge in [0.25, 0.3) is 0 Å². The molecule has 8 heteroatoms. The Labute approximate surface area is 266 Å². The predicted molar refractivity (Wildman–Crippen MR) is 178 cm³/mol. The molecule has 1 N–H and O–H groups in total. The van der Waals surface area contributed by atoms with Crippen molar-refractivity contribution in [3.05, 3.63) is 71.4 Å². The SMILES string of the molecule is Cc1nc2cc3nn2c(c1C(OC(C)(C)C)C(=O)O)N1CCC(C)(CC1)COCCCCCc1ccccc1-c1cccc-3c1. The lowest BCUT2D eigenvalue weighted by molar-refractivity contribution is -0.160. The molecule has 3 aliphatic rings. The molecule has 1 atom stereocenters. The van der Waals surface area contributed by atoms with E-state index in [9.17, 15) is 9.90 Å². The third kappa shape index (κ3) is 6.77. The zero-order valence-corrected chi connectivity index (χ0v) is 27.3. The zero-order chi connectivity index (χ0) is 31.8. The molecule has 0 spiro atoms. The number of ether oxygens (including phenoxy) is 2. The van der Waals surface area contributed by atoms with Gasteiger partial charge in [-0.15, -0.1) is 0 Å². The van der Waals surface area contributed by atoms with Gasteiger partial charge in [0.2, 0.25) is 0 Å². The Morgan fingerprint density at radius 3 is 2.53 bits per heavy atom. The summed E-state index contributed by atoms with van der Waals surface area (Å²) >= 11 is 0. The molecule has 45 heavy (non-hydrogen) atoms. The average Bonchev–Trinajstić information content (AvgIpc) is 3.42. The molecule has 4 aromatic rings. The summed E-state index contributed by atoms with van der Waals surface area (Å²) in [5.74, 6) is -0.287. The fourth-order valence-corrected chi connectivity index (χ4v) is 6.74. The van der Waals surface area contributed by atoms with E-state index in [1.165, 1.54) is 11.1 Å². The van der Waals surface area contributed by atoms with Gasteiger partial charge in [-0.05, 0) is 88.0 Å². The number of aromatic nitrogens is 3. The Balaban J connectivity index is 1.52. The number of piperidine rings is 1. The van der Waals surface area contributed by atoms with Crippen LogP contribution in [0.4, 0.5) is 5.82 Å². The fraction of sp³-hybridized carbons (Fsp3) is 0.486. The number of hydrogen-bond acceptors (Lipinski definition) is 6. The van der Waals surface area contributed by atoms with E-state index < -0.39 is 17.7 Å². The number of anilines is 1. The third-order valence-corrected chi connectivity index (χ3v) is 9.20. The topological polar surface area (TPSA) is 89.2 Å². The molecule has 7 rings (SSSR count). The Kier molecular flexibility index (Phi) is 8.72. The van der Waals surface area contributed by atoms with Crippen molar-refractivity contribution in [3.8, 4) is 22.4 Å². The maximum Gasteiger partial charge on any atom is 0.337 e. The van der Waals surface area contributed by atoms with E-state index in [4.69, 9.17) is 19.6 Å². The molecule has 2 aromatic heterocycles. The molecule has 1 fully saturated rings. The standard InChI is InChI=1S/C37H46N4O4/c1-25-32(33(35(42)43)45-36(2,3)4)34-40-19-17-37(5,18-20-40)24-44-21-10-6-7-12-26-13-8-9-16-29(26)27-14-11-15-28(22-27)30-23-31(38-25)41(34)39-30/h8-9,11,13-16,22-23,33H,6-7,10,12,17-21,24H2,1-5H3,(H,42,43). The van der Waals surface area contributed by atoms with Crippen molar-refractivity contribution in [1.82, 2.24) is 14.6 Å². The van der Waals surface area contributed by atoms with Crippen LogP contribution in [0.1, 0.15) is 82.7 Å². The first kappa shape index (κ1) is 31.2. The molecule has 8 nitrogen and oxygen atoms in total. The summed E-state index contributed by atoms with van der Waals surface area (Å²) in [7, 11) is 0. The van der Waals surface area contributed by atoms with Gasteiger partial charge < -0.3 is 19.5 Å². The van der Waals surface area contributed by atoms with E-state index in [1.54, 1.807) is 0 Å². The van der Waals surface area contributed by atoms with Crippen molar-refractivity contribution in [1.29, 1.82) is 0 Å². The quantitative estimate of drug-likeness (QED) is 0.255. The van der Waals surface area contributed by atoms with Gasteiger partial charge in [0, 0.05) is 37.0 Å². The summed E-state index contributed by atoms with van der Waals surface area (Å²) in [6, 6.07) is 19.2. The summed E-state index contributed by atoms with van der Waals surface area (Å²) in [4.78, 5) is 20.0. The van der Waals surface area contributed by atoms with Crippen LogP contribution in [0.25, 0.3) is 28.0 Å². The van der Waals surface area contributed by atoms with Gasteiger partial charge in [0.15, 0.2) is 11.8 Å². The number of rotatable bonds is 3. The normalized spacial score (nSPS) is 18.1. The van der Waals surface area contributed by atoms with Crippen LogP contribution in [0.15, 0.2) is 54.6 Å². The van der Waals surface area contributed by atoms with Gasteiger partial charge in [-0.25, -0.2) is 9.78 Å². The van der Waals surface area contributed by atoms with Gasteiger partial charge in [-0.3, -0.25) is 0 Å². The maximum absolute atomic E-state index is 12.8. The summed E-state index contributed by atoms with van der Waals surface area (Å²) in [5.41, 5.74) is 6.81. The van der Waals surface area contributed by atoms with Gasteiger partial charge in [0.05, 0.1) is 23.5 Å². The average molecular weight is 611 g/mol. The molecule has 1 saturated heterocycles. The van der Waals surface area contributed by atoms with Gasteiger partial charge in [-0.2, -0.15) is 9.61 Å². The van der Waals surface area contributed by atoms with Crippen LogP contribution in [0.2, 0.25) is 0 Å². The van der Waals surface area contributed by atoms with Crippen LogP contribution in [0.5, 0.6) is 0 Å². The van der Waals surface area contributed by atoms with Gasteiger partial charge >= 0.3 is 5.97 Å². The second-order valence-electron chi connectivity index (χ2n) is 14.1. The van der Waals surface area contributed by atoms with E-state index in [2.05, 4.69) is 60.4 Å². The number of carboxylic acid groups (broad SMARTS) is 1. The first-order valence-corrected chi connectivity index (χ1v) is 16.3. The molecule has 5 heterocycles. The van der Waals surface area contributed by atoms with Crippen LogP contribution < -0.4 is 4.90 Å². The molecule has 1 unspecified atom stereocenters. The second kappa shape index (κ2) is 12.6. The first-order chi connectivity index (χ1) is 21.5. The van der Waals surface area contributed by atoms with E-state index in [0.717, 1.165) is 87.5 Å². The minimum Gasteiger partial charge on any atom is -0.479 e. The molecule has 0 radical (unpaired) electrons. The Morgan fingerprint density at radius 1 is 1.02 bits per heavy atom. The fourth-order valence-electron chi connectivity index (χ4n) is 6.74. The Hall–Kier alpha value is -3.75. The minimum absolute atomic E-state index is 0.0570. The number of carbonyl (C=O) groups is 1. The summed E-state index contributed by atoms with van der Waals surface area (Å²) in [6.45, 7) is 12.9. The molecule has 0 amide bonds. The van der Waals surface area contributed by atoms with E-state index >= 15 is 0 Å². The number of nitrogens with zero attached hydrogens (tertiary/aromatic N) is 4. The van der Waals surface area contributed by atoms with Gasteiger partial charge in [-0.1, -0.05) is 55.8 Å². The molecule has 2 aromatic carbocycles. The molecule has 6 bridgehead atoms. The van der Waals surface area contributed by atoms with Crippen molar-refractivity contribution in [3.63, 3.8) is 0 Å². The number of aryl methyl sites for hydroxylation is 2. The third-order valence-electron chi connectivity index (χ3n) is 9.20. The lowest BCUT2D eigenvalue weighted by Crippen LogP contribution is -2.43. The van der Waals surface area contributed by atoms with Crippen LogP contribution in [0, 0.1) is 12.3 Å². The van der Waals surface area contributed by atoms with Crippen LogP contribution >= 0.6 is 0 Å². The Bertz CT molecular complexity index is 1680. The smallest absolute Gasteiger partial charge is 0.337 e. The summed E-state index contributed by atoms with van der Waals surface area (Å²) in [6.07, 6.45) is 5.02. The lowest BCUT2D eigenvalue weighted by atomic mass is 9.81. The highest BCUT2D eigenvalue weighted by atomic mass is 16.5. The molecule has 3 aliphatic heterocycles. The Morgan fingerprint density at radius 2 is 1.78 bits per heavy atom. The van der Waals surface area contributed by atoms with Crippen molar-refractivity contribution in [2.24, 2.45) is 5.41 Å². The minimum atomic E-state index is -1.19. The predicted octanol–water partition coefficient (Wildman–Crippen LogP) is 7.66. The van der Waals surface area contributed by atoms with Crippen LogP contribution in [-0.2, 0) is 20.7 Å². The number of carboxylic acids is 1. The zero-order valence-electron chi connectivity index (χ0n) is 27.3. The highest BCUT2D eigenvalue weighted by molar-refractivity contribution is 5.79. The maximum atomic E-state index is 12.8. The first-order valence-electron chi connectivity index (χ1n) is 16.3. The molecular formula is C37H46N4O4. The van der Waals surface area contributed by atoms with Crippen molar-refractivity contribution < 1.29 is 19.4 Å². The molecule has 0 aliphatic carbocycles. The highest BCUT2D eigenvalue weighted by Crippen LogP contribution is 2.40.